The number of amides is 1. The molecule has 1 amide bonds. The largest absolute Gasteiger partial charge is 0.398 e. The molecule has 6 aromatic carbocycles. The molecule has 5 nitrogen and oxygen atoms in total. The van der Waals surface area contributed by atoms with Gasteiger partial charge < -0.3 is 16.4 Å². The summed E-state index contributed by atoms with van der Waals surface area (Å²) in [5.41, 5.74) is 32.8. The summed E-state index contributed by atoms with van der Waals surface area (Å²) in [5.74, 6) is 2.16. The summed E-state index contributed by atoms with van der Waals surface area (Å²) in [4.78, 5) is 22.9. The van der Waals surface area contributed by atoms with Gasteiger partial charge in [0.2, 0.25) is 11.1 Å². The maximum absolute atomic E-state index is 12.6. The first kappa shape index (κ1) is 61.0. The van der Waals surface area contributed by atoms with Crippen molar-refractivity contribution in [1.29, 1.82) is 0 Å². The number of nitrogens with one attached hydrogen (secondary N) is 2. The number of thioether (sulfide) groups is 3. The van der Waals surface area contributed by atoms with Crippen molar-refractivity contribution in [3.8, 4) is 0 Å². The number of nitrogen functional groups attached to an aromatic ring is 1. The second kappa shape index (κ2) is 24.5. The summed E-state index contributed by atoms with van der Waals surface area (Å²) < 4.78 is 0.576. The standard InChI is InChI=1S/C24H29NOS.C24H31NS.C18H19N.C6H11ClOS/c1-16-7-5-8-17-11-13-24(21(16)17)14-12-18-9-6-10-19(22(18)24)25-20(26)15-27-23(2,3)4;1-17-7-5-8-18-11-13-24(21(17)18)14-12-19-9-6-10-20(22(19)24)25-15-16-26-23(2,3)4;1-12-4-2-5-13-8-10-18(16(12)13)11-9-14-6-3-7-15(19)17(14)18;1-6(2,3)9-4-5(7)8/h5-10H,11-15H2,1-4H3,(H,25,26);5-10,25H,11-16H2,1-4H3;2-7H,8-11,19H2,1H3;4H2,1-3H3/t2*24-;18-;/m111./s1. The van der Waals surface area contributed by atoms with Gasteiger partial charge >= 0.3 is 0 Å². The Morgan fingerprint density at radius 3 is 1.19 bits per heavy atom. The van der Waals surface area contributed by atoms with E-state index in [-0.39, 0.29) is 36.9 Å². The van der Waals surface area contributed by atoms with E-state index >= 15 is 0 Å². The van der Waals surface area contributed by atoms with Crippen molar-refractivity contribution in [3.63, 3.8) is 0 Å². The minimum Gasteiger partial charge on any atom is -0.398 e. The summed E-state index contributed by atoms with van der Waals surface area (Å²) in [5, 5.41) is 6.79. The van der Waals surface area contributed by atoms with Gasteiger partial charge in [0.25, 0.3) is 0 Å². The van der Waals surface area contributed by atoms with Crippen LogP contribution in [-0.2, 0) is 64.4 Å². The number of halogens is 1. The molecule has 3 spiro atoms. The molecule has 3 atom stereocenters. The van der Waals surface area contributed by atoms with Gasteiger partial charge in [-0.1, -0.05) is 153 Å². The predicted octanol–water partition coefficient (Wildman–Crippen LogP) is 17.8. The second-order valence-electron chi connectivity index (χ2n) is 26.7. The normalized spacial score (nSPS) is 20.5. The molecular formula is C72H90ClN3O2S3. The predicted molar refractivity (Wildman–Crippen MR) is 354 cm³/mol. The fraction of sp³-hybridized carbons (Fsp3) is 0.472. The van der Waals surface area contributed by atoms with E-state index in [9.17, 15) is 9.59 Å². The summed E-state index contributed by atoms with van der Waals surface area (Å²) >= 11 is 10.4. The van der Waals surface area contributed by atoms with Gasteiger partial charge in [-0.2, -0.15) is 11.8 Å². The van der Waals surface area contributed by atoms with Crippen LogP contribution >= 0.6 is 46.9 Å². The summed E-state index contributed by atoms with van der Waals surface area (Å²) in [6.07, 6.45) is 14.4. The lowest BCUT2D eigenvalue weighted by atomic mass is 9.74. The molecule has 6 aliphatic carbocycles. The third-order valence-corrected chi connectivity index (χ3v) is 22.0. The van der Waals surface area contributed by atoms with Gasteiger partial charge in [0.05, 0.1) is 11.5 Å². The van der Waals surface area contributed by atoms with Crippen LogP contribution in [0.5, 0.6) is 0 Å². The van der Waals surface area contributed by atoms with E-state index in [1.165, 1.54) is 113 Å². The maximum Gasteiger partial charge on any atom is 0.234 e. The van der Waals surface area contributed by atoms with Gasteiger partial charge in [-0.3, -0.25) is 9.59 Å². The molecular weight excluding hydrogens is 1070 g/mol. The zero-order valence-electron chi connectivity index (χ0n) is 50.7. The molecule has 6 aromatic rings. The van der Waals surface area contributed by atoms with E-state index in [0.717, 1.165) is 49.4 Å². The number of carbonyl (C=O) groups is 2. The fourth-order valence-corrected chi connectivity index (χ4v) is 17.1. The zero-order chi connectivity index (χ0) is 58.1. The van der Waals surface area contributed by atoms with Crippen LogP contribution in [0, 0.1) is 20.8 Å². The Kier molecular flexibility index (Phi) is 18.5. The fourth-order valence-electron chi connectivity index (χ4n) is 14.9. The first-order valence-corrected chi connectivity index (χ1v) is 33.2. The molecule has 6 aliphatic rings. The number of nitrogens with two attached hydrogens (primary N) is 1. The van der Waals surface area contributed by atoms with Crippen LogP contribution in [0.25, 0.3) is 0 Å². The Bertz CT molecular complexity index is 3220. The topological polar surface area (TPSA) is 84.2 Å². The molecule has 0 unspecified atom stereocenters. The zero-order valence-corrected chi connectivity index (χ0v) is 53.9. The van der Waals surface area contributed by atoms with Crippen molar-refractivity contribution in [2.24, 2.45) is 0 Å². The molecule has 9 heteroatoms. The summed E-state index contributed by atoms with van der Waals surface area (Å²) in [6.45, 7) is 27.3. The van der Waals surface area contributed by atoms with E-state index < -0.39 is 0 Å². The van der Waals surface area contributed by atoms with Gasteiger partial charge in [-0.05, 0) is 211 Å². The smallest absolute Gasteiger partial charge is 0.234 e. The number of hydrogen-bond donors (Lipinski definition) is 3. The van der Waals surface area contributed by atoms with E-state index in [0.29, 0.717) is 16.3 Å². The second-order valence-corrected chi connectivity index (χ2v) is 32.7. The quantitative estimate of drug-likeness (QED) is 0.0756. The van der Waals surface area contributed by atoms with Crippen LogP contribution in [0.4, 0.5) is 17.1 Å². The molecule has 0 saturated carbocycles. The van der Waals surface area contributed by atoms with Crippen molar-refractivity contribution < 1.29 is 9.59 Å². The average molecular weight is 1160 g/mol. The third kappa shape index (κ3) is 13.2. The Morgan fingerprint density at radius 2 is 0.790 bits per heavy atom. The van der Waals surface area contributed by atoms with Gasteiger partial charge in [-0.15, -0.1) is 23.5 Å². The van der Waals surface area contributed by atoms with Crippen LogP contribution in [0.3, 0.4) is 0 Å². The first-order chi connectivity index (χ1) is 38.3. The monoisotopic (exact) mass is 1160 g/mol. The molecule has 0 heterocycles. The number of anilines is 3. The Balaban J connectivity index is 0.000000138. The number of carbonyl (C=O) groups excluding carboxylic acids is 2. The first-order valence-electron chi connectivity index (χ1n) is 29.9. The van der Waals surface area contributed by atoms with Crippen molar-refractivity contribution in [3.05, 3.63) is 193 Å². The Morgan fingerprint density at radius 1 is 0.457 bits per heavy atom. The highest BCUT2D eigenvalue weighted by atomic mass is 35.5. The van der Waals surface area contributed by atoms with Gasteiger partial charge in [-0.25, -0.2) is 0 Å². The highest BCUT2D eigenvalue weighted by Crippen LogP contribution is 2.58. The molecule has 81 heavy (non-hydrogen) atoms. The summed E-state index contributed by atoms with van der Waals surface area (Å²) in [7, 11) is 0. The minimum absolute atomic E-state index is 0.0804. The van der Waals surface area contributed by atoms with E-state index in [2.05, 4.69) is 203 Å². The van der Waals surface area contributed by atoms with Crippen molar-refractivity contribution in [1.82, 2.24) is 0 Å². The molecule has 0 saturated heterocycles. The molecule has 430 valence electrons. The highest BCUT2D eigenvalue weighted by Gasteiger charge is 2.49. The lowest BCUT2D eigenvalue weighted by Crippen LogP contribution is -2.26. The molecule has 12 rings (SSSR count). The summed E-state index contributed by atoms with van der Waals surface area (Å²) in [6, 6.07) is 40.1. The van der Waals surface area contributed by atoms with E-state index in [4.69, 9.17) is 17.3 Å². The van der Waals surface area contributed by atoms with Crippen molar-refractivity contribution >= 4 is 75.1 Å². The lowest BCUT2D eigenvalue weighted by Gasteiger charge is -2.30. The van der Waals surface area contributed by atoms with Gasteiger partial charge in [0.15, 0.2) is 0 Å². The minimum atomic E-state index is -0.269. The van der Waals surface area contributed by atoms with Crippen molar-refractivity contribution in [2.75, 3.05) is 40.2 Å². The highest BCUT2D eigenvalue weighted by molar-refractivity contribution is 8.01. The molecule has 0 bridgehead atoms. The van der Waals surface area contributed by atoms with Gasteiger partial charge in [0, 0.05) is 59.8 Å². The van der Waals surface area contributed by atoms with Crippen LogP contribution < -0.4 is 16.4 Å². The van der Waals surface area contributed by atoms with Crippen LogP contribution in [0.1, 0.15) is 184 Å². The number of benzene rings is 6. The number of aryl methyl sites for hydroxylation is 9. The number of rotatable bonds is 9. The lowest BCUT2D eigenvalue weighted by molar-refractivity contribution is -0.114. The Hall–Kier alpha value is -4.60. The van der Waals surface area contributed by atoms with Gasteiger partial charge in [0.1, 0.15) is 0 Å². The van der Waals surface area contributed by atoms with Crippen LogP contribution in [0.2, 0.25) is 0 Å². The average Bonchev–Trinajstić information content (AvgIpc) is 2.32. The number of hydrogen-bond acceptors (Lipinski definition) is 7. The number of fused-ring (bicyclic) bond motifs is 12. The van der Waals surface area contributed by atoms with E-state index in [1.54, 1.807) is 51.3 Å². The molecule has 0 fully saturated rings. The molecule has 0 radical (unpaired) electrons. The van der Waals surface area contributed by atoms with Crippen molar-refractivity contribution in [2.45, 2.75) is 191 Å². The SMILES string of the molecule is CC(C)(C)SCC(=O)Cl.Cc1cccc2c1[C@@]1(CC2)CCc2cccc(N)c21.Cc1cccc2c1[C@@]1(CC2)CCc2cccc(NC(=O)CSC(C)(C)C)c21.Cc1cccc2c1[C@@]1(CC2)CCc2cccc(NCCSC(C)(C)C)c21. The molecule has 4 N–H and O–H groups in total. The Labute approximate surface area is 504 Å². The molecule has 0 aromatic heterocycles. The third-order valence-electron chi connectivity index (χ3n) is 17.8. The van der Waals surface area contributed by atoms with E-state index in [1.807, 2.05) is 11.8 Å². The maximum atomic E-state index is 12.6. The van der Waals surface area contributed by atoms with Crippen LogP contribution in [-0.4, -0.2) is 49.2 Å². The molecule has 0 aliphatic heterocycles. The van der Waals surface area contributed by atoms with Crippen LogP contribution in [0.15, 0.2) is 109 Å².